The normalized spacial score (nSPS) is 10.1. The summed E-state index contributed by atoms with van der Waals surface area (Å²) in [6, 6.07) is 3.89. The van der Waals surface area contributed by atoms with Gasteiger partial charge in [0.25, 0.3) is 0 Å². The van der Waals surface area contributed by atoms with E-state index in [2.05, 4.69) is 4.98 Å². The smallest absolute Gasteiger partial charge is 0.213 e. The first-order valence-corrected chi connectivity index (χ1v) is 5.71. The van der Waals surface area contributed by atoms with Crippen LogP contribution in [0.5, 0.6) is 5.88 Å². The molecule has 0 atom stereocenters. The summed E-state index contributed by atoms with van der Waals surface area (Å²) in [6.07, 6.45) is 4.73. The van der Waals surface area contributed by atoms with Crippen molar-refractivity contribution >= 4 is 11.8 Å². The monoisotopic (exact) mass is 213 g/mol. The SMILES string of the molecule is COCCCOc1ccc(SC)cn1. The van der Waals surface area contributed by atoms with E-state index in [0.717, 1.165) is 17.9 Å². The molecule has 0 bridgehead atoms. The van der Waals surface area contributed by atoms with E-state index in [9.17, 15) is 0 Å². The number of aromatic nitrogens is 1. The first-order chi connectivity index (χ1) is 6.86. The Bertz CT molecular complexity index is 251. The Balaban J connectivity index is 2.29. The lowest BCUT2D eigenvalue weighted by Crippen LogP contribution is -2.02. The zero-order valence-corrected chi connectivity index (χ0v) is 9.34. The summed E-state index contributed by atoms with van der Waals surface area (Å²) in [5.41, 5.74) is 0. The molecular formula is C10H15NO2S. The molecule has 0 N–H and O–H groups in total. The number of hydrogen-bond donors (Lipinski definition) is 0. The van der Waals surface area contributed by atoms with Crippen molar-refractivity contribution in [3.8, 4) is 5.88 Å². The van der Waals surface area contributed by atoms with Gasteiger partial charge in [0.05, 0.1) is 6.61 Å². The van der Waals surface area contributed by atoms with Gasteiger partial charge in [0, 0.05) is 37.3 Å². The molecule has 1 rings (SSSR count). The molecule has 4 heteroatoms. The van der Waals surface area contributed by atoms with Gasteiger partial charge in [-0.25, -0.2) is 4.98 Å². The molecule has 78 valence electrons. The van der Waals surface area contributed by atoms with Crippen LogP contribution in [0.15, 0.2) is 23.2 Å². The topological polar surface area (TPSA) is 31.4 Å². The van der Waals surface area contributed by atoms with E-state index >= 15 is 0 Å². The molecule has 1 aromatic heterocycles. The van der Waals surface area contributed by atoms with Crippen LogP contribution in [0, 0.1) is 0 Å². The fourth-order valence-corrected chi connectivity index (χ4v) is 1.32. The number of hydrogen-bond acceptors (Lipinski definition) is 4. The zero-order valence-electron chi connectivity index (χ0n) is 8.53. The Labute approximate surface area is 88.8 Å². The third-order valence-electron chi connectivity index (χ3n) is 1.69. The second-order valence-corrected chi connectivity index (χ2v) is 3.61. The summed E-state index contributed by atoms with van der Waals surface area (Å²) < 4.78 is 10.3. The van der Waals surface area contributed by atoms with Crippen LogP contribution >= 0.6 is 11.8 Å². The molecule has 0 aromatic carbocycles. The highest BCUT2D eigenvalue weighted by molar-refractivity contribution is 7.98. The van der Waals surface area contributed by atoms with Crippen LogP contribution < -0.4 is 4.74 Å². The van der Waals surface area contributed by atoms with Crippen molar-refractivity contribution in [2.75, 3.05) is 26.6 Å². The summed E-state index contributed by atoms with van der Waals surface area (Å²) in [7, 11) is 1.69. The number of rotatable bonds is 6. The minimum absolute atomic E-state index is 0.652. The van der Waals surface area contributed by atoms with Crippen molar-refractivity contribution in [3.05, 3.63) is 18.3 Å². The van der Waals surface area contributed by atoms with Crippen molar-refractivity contribution < 1.29 is 9.47 Å². The minimum Gasteiger partial charge on any atom is -0.478 e. The number of ether oxygens (including phenoxy) is 2. The number of pyridine rings is 1. The summed E-state index contributed by atoms with van der Waals surface area (Å²) in [4.78, 5) is 5.31. The van der Waals surface area contributed by atoms with Gasteiger partial charge in [-0.2, -0.15) is 0 Å². The Morgan fingerprint density at radius 2 is 2.21 bits per heavy atom. The number of methoxy groups -OCH3 is 1. The standard InChI is InChI=1S/C10H15NO2S/c1-12-6-3-7-13-10-5-4-9(14-2)8-11-10/h4-5,8H,3,6-7H2,1-2H3. The van der Waals surface area contributed by atoms with E-state index in [1.165, 1.54) is 0 Å². The predicted octanol–water partition coefficient (Wildman–Crippen LogP) is 2.22. The highest BCUT2D eigenvalue weighted by atomic mass is 32.2. The molecule has 0 spiro atoms. The van der Waals surface area contributed by atoms with Crippen molar-refractivity contribution in [2.45, 2.75) is 11.3 Å². The summed E-state index contributed by atoms with van der Waals surface area (Å²) in [5, 5.41) is 0. The van der Waals surface area contributed by atoms with Crippen LogP contribution in [0.1, 0.15) is 6.42 Å². The van der Waals surface area contributed by atoms with Gasteiger partial charge >= 0.3 is 0 Å². The van der Waals surface area contributed by atoms with Gasteiger partial charge in [0.15, 0.2) is 0 Å². The minimum atomic E-state index is 0.652. The lowest BCUT2D eigenvalue weighted by molar-refractivity contribution is 0.170. The first kappa shape index (κ1) is 11.3. The van der Waals surface area contributed by atoms with E-state index in [1.54, 1.807) is 18.9 Å². The maximum Gasteiger partial charge on any atom is 0.213 e. The molecule has 1 aromatic rings. The molecule has 0 saturated carbocycles. The van der Waals surface area contributed by atoms with Gasteiger partial charge in [-0.15, -0.1) is 11.8 Å². The molecule has 0 aliphatic heterocycles. The molecular weight excluding hydrogens is 198 g/mol. The quantitative estimate of drug-likeness (QED) is 0.535. The van der Waals surface area contributed by atoms with Crippen molar-refractivity contribution in [2.24, 2.45) is 0 Å². The Morgan fingerprint density at radius 1 is 1.36 bits per heavy atom. The van der Waals surface area contributed by atoms with Crippen LogP contribution in [-0.4, -0.2) is 31.6 Å². The maximum atomic E-state index is 5.41. The van der Waals surface area contributed by atoms with E-state index in [4.69, 9.17) is 9.47 Å². The third kappa shape index (κ3) is 3.98. The maximum absolute atomic E-state index is 5.41. The first-order valence-electron chi connectivity index (χ1n) is 4.48. The average molecular weight is 213 g/mol. The fraction of sp³-hybridized carbons (Fsp3) is 0.500. The molecule has 3 nitrogen and oxygen atoms in total. The van der Waals surface area contributed by atoms with Crippen LogP contribution in [0.3, 0.4) is 0 Å². The van der Waals surface area contributed by atoms with E-state index < -0.39 is 0 Å². The van der Waals surface area contributed by atoms with E-state index in [1.807, 2.05) is 24.6 Å². The molecule has 0 aliphatic rings. The van der Waals surface area contributed by atoms with Gasteiger partial charge in [0.1, 0.15) is 0 Å². The van der Waals surface area contributed by atoms with Crippen LogP contribution in [-0.2, 0) is 4.74 Å². The number of nitrogens with zero attached hydrogens (tertiary/aromatic N) is 1. The Kier molecular flexibility index (Phi) is 5.40. The van der Waals surface area contributed by atoms with E-state index in [-0.39, 0.29) is 0 Å². The molecule has 0 amide bonds. The molecule has 14 heavy (non-hydrogen) atoms. The second kappa shape index (κ2) is 6.68. The van der Waals surface area contributed by atoms with Crippen molar-refractivity contribution in [3.63, 3.8) is 0 Å². The van der Waals surface area contributed by atoms with Gasteiger partial charge in [-0.1, -0.05) is 0 Å². The highest BCUT2D eigenvalue weighted by Gasteiger charge is 1.95. The molecule has 0 saturated heterocycles. The van der Waals surface area contributed by atoms with Gasteiger partial charge in [-0.05, 0) is 12.3 Å². The molecule has 0 radical (unpaired) electrons. The fourth-order valence-electron chi connectivity index (χ4n) is 0.953. The summed E-state index contributed by atoms with van der Waals surface area (Å²) in [6.45, 7) is 1.38. The molecule has 1 heterocycles. The largest absolute Gasteiger partial charge is 0.478 e. The van der Waals surface area contributed by atoms with Crippen LogP contribution in [0.4, 0.5) is 0 Å². The lowest BCUT2D eigenvalue weighted by atomic mass is 10.4. The van der Waals surface area contributed by atoms with Crippen molar-refractivity contribution in [1.82, 2.24) is 4.98 Å². The predicted molar refractivity (Wildman–Crippen MR) is 58.0 cm³/mol. The van der Waals surface area contributed by atoms with Crippen molar-refractivity contribution in [1.29, 1.82) is 0 Å². The number of thioether (sulfide) groups is 1. The zero-order chi connectivity index (χ0) is 10.2. The average Bonchev–Trinajstić information content (AvgIpc) is 2.25. The highest BCUT2D eigenvalue weighted by Crippen LogP contribution is 2.15. The molecule has 0 fully saturated rings. The van der Waals surface area contributed by atoms with Gasteiger partial charge in [-0.3, -0.25) is 0 Å². The van der Waals surface area contributed by atoms with Gasteiger partial charge < -0.3 is 9.47 Å². The lowest BCUT2D eigenvalue weighted by Gasteiger charge is -2.04. The third-order valence-corrected chi connectivity index (χ3v) is 2.40. The molecule has 0 unspecified atom stereocenters. The Hall–Kier alpha value is -0.740. The summed E-state index contributed by atoms with van der Waals surface area (Å²) in [5.74, 6) is 0.680. The van der Waals surface area contributed by atoms with Gasteiger partial charge in [0.2, 0.25) is 5.88 Å². The summed E-state index contributed by atoms with van der Waals surface area (Å²) >= 11 is 1.67. The second-order valence-electron chi connectivity index (χ2n) is 2.73. The van der Waals surface area contributed by atoms with E-state index in [0.29, 0.717) is 12.5 Å². The molecule has 0 aliphatic carbocycles. The van der Waals surface area contributed by atoms with Crippen LogP contribution in [0.2, 0.25) is 0 Å². The van der Waals surface area contributed by atoms with Crippen LogP contribution in [0.25, 0.3) is 0 Å². The Morgan fingerprint density at radius 3 is 2.79 bits per heavy atom.